The lowest BCUT2D eigenvalue weighted by molar-refractivity contribution is 0.0696. The number of carbonyl (C=O) groups is 1. The zero-order valence-electron chi connectivity index (χ0n) is 7.87. The number of nitrogens with two attached hydrogens (primary N) is 1. The van der Waals surface area contributed by atoms with Gasteiger partial charge in [-0.15, -0.1) is 0 Å². The van der Waals surface area contributed by atoms with E-state index in [-0.39, 0.29) is 11.6 Å². The maximum atomic E-state index is 10.8. The first kappa shape index (κ1) is 10.3. The Morgan fingerprint density at radius 3 is 3.00 bits per heavy atom. The molecule has 0 aromatic heterocycles. The molecule has 1 heterocycles. The predicted octanol–water partition coefficient (Wildman–Crippen LogP) is 1.82. The number of halogens is 1. The van der Waals surface area contributed by atoms with E-state index >= 15 is 0 Å². The lowest BCUT2D eigenvalue weighted by atomic mass is 9.99. The highest BCUT2D eigenvalue weighted by Crippen LogP contribution is 2.37. The molecular weight excluding hydrogens is 218 g/mol. The maximum Gasteiger partial charge on any atom is 0.335 e. The van der Waals surface area contributed by atoms with Crippen molar-refractivity contribution in [2.24, 2.45) is 5.73 Å². The van der Waals surface area contributed by atoms with Gasteiger partial charge in [0.25, 0.3) is 0 Å². The molecule has 0 fully saturated rings. The van der Waals surface area contributed by atoms with Crippen molar-refractivity contribution in [1.82, 2.24) is 0 Å². The summed E-state index contributed by atoms with van der Waals surface area (Å²) < 4.78 is 5.35. The number of carboxylic acid groups (broad SMARTS) is 1. The fourth-order valence-electron chi connectivity index (χ4n) is 1.61. The van der Waals surface area contributed by atoms with E-state index in [1.807, 2.05) is 0 Å². The second kappa shape index (κ2) is 3.72. The average molecular weight is 228 g/mol. The fourth-order valence-corrected chi connectivity index (χ4v) is 1.89. The van der Waals surface area contributed by atoms with Crippen molar-refractivity contribution in [3.63, 3.8) is 0 Å². The van der Waals surface area contributed by atoms with Crippen molar-refractivity contribution in [2.45, 2.75) is 12.5 Å². The smallest absolute Gasteiger partial charge is 0.335 e. The second-order valence-corrected chi connectivity index (χ2v) is 3.83. The average Bonchev–Trinajstić information content (AvgIpc) is 2.19. The van der Waals surface area contributed by atoms with E-state index in [0.29, 0.717) is 29.4 Å². The second-order valence-electron chi connectivity index (χ2n) is 3.43. The van der Waals surface area contributed by atoms with Gasteiger partial charge in [-0.25, -0.2) is 4.79 Å². The van der Waals surface area contributed by atoms with E-state index in [2.05, 4.69) is 0 Å². The van der Waals surface area contributed by atoms with E-state index in [1.54, 1.807) is 0 Å². The third-order valence-corrected chi connectivity index (χ3v) is 2.67. The van der Waals surface area contributed by atoms with E-state index in [0.717, 1.165) is 0 Å². The molecule has 2 rings (SSSR count). The van der Waals surface area contributed by atoms with Crippen LogP contribution in [-0.4, -0.2) is 17.7 Å². The van der Waals surface area contributed by atoms with Crippen molar-refractivity contribution >= 4 is 17.6 Å². The lowest BCUT2D eigenvalue weighted by Gasteiger charge is -2.24. The lowest BCUT2D eigenvalue weighted by Crippen LogP contribution is -2.21. The summed E-state index contributed by atoms with van der Waals surface area (Å²) in [7, 11) is 0. The third-order valence-electron chi connectivity index (χ3n) is 2.39. The molecule has 0 radical (unpaired) electrons. The topological polar surface area (TPSA) is 72.5 Å². The first-order valence-electron chi connectivity index (χ1n) is 4.54. The SMILES string of the molecule is N[C@@H]1CCOc2c(Cl)cc(C(=O)O)cc21. The standard InChI is InChI=1S/C10H10ClNO3/c11-7-4-5(10(13)14)3-6-8(12)1-2-15-9(6)7/h3-4,8H,1-2,12H2,(H,13,14)/t8-/m1/s1. The Labute approximate surface area is 91.6 Å². The minimum absolute atomic E-state index is 0.139. The summed E-state index contributed by atoms with van der Waals surface area (Å²) in [5, 5.41) is 9.16. The van der Waals surface area contributed by atoms with Gasteiger partial charge in [0, 0.05) is 18.0 Å². The Morgan fingerprint density at radius 2 is 2.33 bits per heavy atom. The number of rotatable bonds is 1. The molecule has 0 unspecified atom stereocenters. The largest absolute Gasteiger partial charge is 0.492 e. The van der Waals surface area contributed by atoms with E-state index in [4.69, 9.17) is 27.2 Å². The molecule has 1 atom stereocenters. The van der Waals surface area contributed by atoms with Gasteiger partial charge in [0.15, 0.2) is 0 Å². The van der Waals surface area contributed by atoms with Crippen LogP contribution in [0.5, 0.6) is 5.75 Å². The van der Waals surface area contributed by atoms with E-state index in [1.165, 1.54) is 12.1 Å². The van der Waals surface area contributed by atoms with Crippen LogP contribution in [0.25, 0.3) is 0 Å². The Balaban J connectivity index is 2.56. The fraction of sp³-hybridized carbons (Fsp3) is 0.300. The number of carboxylic acids is 1. The molecule has 0 saturated heterocycles. The first-order chi connectivity index (χ1) is 7.09. The predicted molar refractivity (Wildman–Crippen MR) is 55.5 cm³/mol. The Kier molecular flexibility index (Phi) is 2.54. The summed E-state index contributed by atoms with van der Waals surface area (Å²) in [4.78, 5) is 10.8. The van der Waals surface area contributed by atoms with Crippen LogP contribution in [0.2, 0.25) is 5.02 Å². The molecule has 1 aromatic carbocycles. The van der Waals surface area contributed by atoms with Crippen molar-refractivity contribution < 1.29 is 14.6 Å². The third kappa shape index (κ3) is 1.78. The molecule has 0 bridgehead atoms. The van der Waals surface area contributed by atoms with Crippen LogP contribution in [0.3, 0.4) is 0 Å². The van der Waals surface area contributed by atoms with Crippen LogP contribution in [0.15, 0.2) is 12.1 Å². The minimum Gasteiger partial charge on any atom is -0.492 e. The number of benzene rings is 1. The molecule has 0 amide bonds. The zero-order chi connectivity index (χ0) is 11.0. The van der Waals surface area contributed by atoms with Crippen molar-refractivity contribution in [3.05, 3.63) is 28.3 Å². The molecular formula is C10H10ClNO3. The Bertz CT molecular complexity index is 419. The molecule has 1 aliphatic heterocycles. The molecule has 1 aromatic rings. The van der Waals surface area contributed by atoms with Gasteiger partial charge in [0.05, 0.1) is 17.2 Å². The van der Waals surface area contributed by atoms with Gasteiger partial charge >= 0.3 is 5.97 Å². The summed E-state index contributed by atoms with van der Waals surface area (Å²) in [6.07, 6.45) is 0.673. The summed E-state index contributed by atoms with van der Waals surface area (Å²) >= 11 is 5.91. The first-order valence-corrected chi connectivity index (χ1v) is 4.92. The highest BCUT2D eigenvalue weighted by Gasteiger charge is 2.22. The van der Waals surface area contributed by atoms with Gasteiger partial charge in [-0.05, 0) is 12.1 Å². The highest BCUT2D eigenvalue weighted by atomic mass is 35.5. The summed E-state index contributed by atoms with van der Waals surface area (Å²) in [5.74, 6) is -0.502. The maximum absolute atomic E-state index is 10.8. The van der Waals surface area contributed by atoms with Crippen molar-refractivity contribution in [3.8, 4) is 5.75 Å². The molecule has 15 heavy (non-hydrogen) atoms. The minimum atomic E-state index is -1.02. The van der Waals surface area contributed by atoms with Crippen LogP contribution >= 0.6 is 11.6 Å². The number of aromatic carboxylic acids is 1. The highest BCUT2D eigenvalue weighted by molar-refractivity contribution is 6.32. The summed E-state index contributed by atoms with van der Waals surface area (Å²) in [6.45, 7) is 0.514. The van der Waals surface area contributed by atoms with Crippen LogP contribution in [0, 0.1) is 0 Å². The monoisotopic (exact) mass is 227 g/mol. The molecule has 1 aliphatic rings. The van der Waals surface area contributed by atoms with E-state index in [9.17, 15) is 4.79 Å². The van der Waals surface area contributed by atoms with Gasteiger partial charge in [-0.3, -0.25) is 0 Å². The number of hydrogen-bond acceptors (Lipinski definition) is 3. The van der Waals surface area contributed by atoms with Crippen molar-refractivity contribution in [2.75, 3.05) is 6.61 Å². The van der Waals surface area contributed by atoms with Gasteiger partial charge in [-0.2, -0.15) is 0 Å². The molecule has 0 spiro atoms. The quantitative estimate of drug-likeness (QED) is 0.768. The molecule has 0 saturated carbocycles. The normalized spacial score (nSPS) is 19.2. The summed E-state index contributed by atoms with van der Waals surface area (Å²) in [5.41, 5.74) is 6.66. The zero-order valence-corrected chi connectivity index (χ0v) is 8.62. The number of fused-ring (bicyclic) bond motifs is 1. The Morgan fingerprint density at radius 1 is 1.60 bits per heavy atom. The van der Waals surface area contributed by atoms with Crippen LogP contribution in [0.4, 0.5) is 0 Å². The van der Waals surface area contributed by atoms with Gasteiger partial charge in [0.1, 0.15) is 5.75 Å². The molecule has 5 heteroatoms. The molecule has 0 aliphatic carbocycles. The van der Waals surface area contributed by atoms with Crippen molar-refractivity contribution in [1.29, 1.82) is 0 Å². The van der Waals surface area contributed by atoms with Gasteiger partial charge in [0.2, 0.25) is 0 Å². The number of ether oxygens (including phenoxy) is 1. The Hall–Kier alpha value is -1.26. The molecule has 4 nitrogen and oxygen atoms in total. The summed E-state index contributed by atoms with van der Waals surface area (Å²) in [6, 6.07) is 2.69. The van der Waals surface area contributed by atoms with Crippen LogP contribution < -0.4 is 10.5 Å². The van der Waals surface area contributed by atoms with Crippen LogP contribution in [0.1, 0.15) is 28.4 Å². The van der Waals surface area contributed by atoms with Crippen LogP contribution in [-0.2, 0) is 0 Å². The molecule has 80 valence electrons. The van der Waals surface area contributed by atoms with E-state index < -0.39 is 5.97 Å². The number of hydrogen-bond donors (Lipinski definition) is 2. The van der Waals surface area contributed by atoms with Gasteiger partial charge in [-0.1, -0.05) is 11.6 Å². The van der Waals surface area contributed by atoms with Gasteiger partial charge < -0.3 is 15.6 Å². The molecule has 3 N–H and O–H groups in total.